The van der Waals surface area contributed by atoms with Crippen LogP contribution in [0, 0.1) is 0 Å². The van der Waals surface area contributed by atoms with E-state index in [2.05, 4.69) is 29.4 Å². The summed E-state index contributed by atoms with van der Waals surface area (Å²) in [6.07, 6.45) is 2.38. The Hall–Kier alpha value is 0.986. The predicted octanol–water partition coefficient (Wildman–Crippen LogP) is 1.82. The lowest BCUT2D eigenvalue weighted by atomic mass is 10.2. The lowest BCUT2D eigenvalue weighted by Gasteiger charge is -1.90. The molecule has 8 heavy (non-hydrogen) atoms. The van der Waals surface area contributed by atoms with Gasteiger partial charge in [0.25, 0.3) is 0 Å². The van der Waals surface area contributed by atoms with Gasteiger partial charge in [-0.15, -0.1) is 6.58 Å². The smallest absolute Gasteiger partial charge is 0.100 e. The molecule has 0 radical (unpaired) electrons. The molecule has 0 rings (SSSR count). The third-order valence-corrected chi connectivity index (χ3v) is 1.30. The van der Waals surface area contributed by atoms with E-state index in [1.54, 1.807) is 0 Å². The van der Waals surface area contributed by atoms with Crippen LogP contribution < -0.4 is 0 Å². The number of allylic oxidation sites excluding steroid dienone is 1. The van der Waals surface area contributed by atoms with Crippen LogP contribution in [-0.2, 0) is 0 Å². The normalized spacial score (nSPS) is 7.75. The van der Waals surface area contributed by atoms with Crippen LogP contribution in [0.25, 0.3) is 0 Å². The number of hydrogen-bond donors (Lipinski definition) is 0. The van der Waals surface area contributed by atoms with Gasteiger partial charge in [-0.05, 0) is 19.8 Å². The molecule has 46 valence electrons. The fourth-order valence-electron chi connectivity index (χ4n) is 0.369. The molecule has 0 amide bonds. The summed E-state index contributed by atoms with van der Waals surface area (Å²) in [6.45, 7) is 5.83. The van der Waals surface area contributed by atoms with Crippen molar-refractivity contribution < 1.29 is 0 Å². The first-order valence-electron chi connectivity index (χ1n) is 2.47. The first-order valence-corrected chi connectivity index (χ1v) is 3.60. The van der Waals surface area contributed by atoms with E-state index in [1.165, 1.54) is 12.0 Å². The maximum absolute atomic E-state index is 3.77. The van der Waals surface area contributed by atoms with Crippen LogP contribution in [0.4, 0.5) is 0 Å². The summed E-state index contributed by atoms with van der Waals surface area (Å²) in [5.41, 5.74) is 1.28. The third kappa shape index (κ3) is 10.1. The van der Waals surface area contributed by atoms with E-state index in [0.717, 1.165) is 11.8 Å². The summed E-state index contributed by atoms with van der Waals surface area (Å²) in [7, 11) is 0. The minimum atomic E-state index is 0. The molecular weight excluding hydrogens is 176 g/mol. The van der Waals surface area contributed by atoms with Crippen LogP contribution in [0.2, 0.25) is 0 Å². The second-order valence-electron chi connectivity index (χ2n) is 1.75. The molecule has 0 aliphatic rings. The monoisotopic (exact) mass is 188 g/mol. The van der Waals surface area contributed by atoms with Crippen LogP contribution in [0.3, 0.4) is 0 Å². The summed E-state index contributed by atoms with van der Waals surface area (Å²) in [4.78, 5) is 0. The fourth-order valence-corrected chi connectivity index (χ4v) is 0.649. The SMILES string of the molecule is C=C(C)CCCBr.[MgH2]. The van der Waals surface area contributed by atoms with Gasteiger partial charge in [-0.25, -0.2) is 0 Å². The van der Waals surface area contributed by atoms with E-state index in [-0.39, 0.29) is 23.1 Å². The topological polar surface area (TPSA) is 0 Å². The molecule has 0 fully saturated rings. The van der Waals surface area contributed by atoms with Crippen molar-refractivity contribution in [1.82, 2.24) is 0 Å². The van der Waals surface area contributed by atoms with Crippen molar-refractivity contribution in [2.45, 2.75) is 19.8 Å². The minimum absolute atomic E-state index is 0. The second kappa shape index (κ2) is 7.99. The number of rotatable bonds is 3. The summed E-state index contributed by atoms with van der Waals surface area (Å²) >= 11 is 3.34. The Balaban J connectivity index is 0. The predicted molar refractivity (Wildman–Crippen MR) is 46.4 cm³/mol. The zero-order valence-electron chi connectivity index (χ0n) is 4.71. The maximum Gasteiger partial charge on any atom is 0.316 e. The molecule has 0 N–H and O–H groups in total. The summed E-state index contributed by atoms with van der Waals surface area (Å²) < 4.78 is 0. The molecule has 0 aromatic rings. The molecule has 0 aliphatic carbocycles. The van der Waals surface area contributed by atoms with Crippen LogP contribution >= 0.6 is 15.9 Å². The molecule has 0 aliphatic heterocycles. The van der Waals surface area contributed by atoms with Gasteiger partial charge in [0.2, 0.25) is 0 Å². The van der Waals surface area contributed by atoms with Gasteiger partial charge in [0.1, 0.15) is 0 Å². The van der Waals surface area contributed by atoms with Crippen molar-refractivity contribution in [3.63, 3.8) is 0 Å². The minimum Gasteiger partial charge on any atom is -0.100 e. The maximum atomic E-state index is 3.77. The van der Waals surface area contributed by atoms with Crippen LogP contribution in [0.15, 0.2) is 12.2 Å². The van der Waals surface area contributed by atoms with Gasteiger partial charge in [0.05, 0.1) is 0 Å². The molecule has 0 spiro atoms. The van der Waals surface area contributed by atoms with E-state index in [1.807, 2.05) is 0 Å². The number of alkyl halides is 1. The number of halogens is 1. The highest BCUT2D eigenvalue weighted by Gasteiger charge is 1.82. The highest BCUT2D eigenvalue weighted by atomic mass is 79.9. The number of hydrogen-bond acceptors (Lipinski definition) is 0. The molecule has 0 atom stereocenters. The average molecular weight is 189 g/mol. The van der Waals surface area contributed by atoms with Crippen LogP contribution in [-0.4, -0.2) is 28.4 Å². The van der Waals surface area contributed by atoms with Gasteiger partial charge in [-0.2, -0.15) is 0 Å². The van der Waals surface area contributed by atoms with Crippen LogP contribution in [0.5, 0.6) is 0 Å². The van der Waals surface area contributed by atoms with Crippen molar-refractivity contribution >= 4 is 39.0 Å². The molecule has 0 aromatic heterocycles. The molecule has 0 saturated heterocycles. The van der Waals surface area contributed by atoms with Crippen molar-refractivity contribution in [1.29, 1.82) is 0 Å². The third-order valence-electron chi connectivity index (χ3n) is 0.737. The highest BCUT2D eigenvalue weighted by Crippen LogP contribution is 2.01. The van der Waals surface area contributed by atoms with Crippen molar-refractivity contribution in [2.24, 2.45) is 0 Å². The Bertz CT molecular complexity index is 61.5. The first-order chi connectivity index (χ1) is 3.27. The Morgan fingerprint density at radius 2 is 2.12 bits per heavy atom. The Kier molecular flexibility index (Phi) is 11.7. The second-order valence-corrected chi connectivity index (χ2v) is 2.54. The largest absolute Gasteiger partial charge is 0.316 e. The van der Waals surface area contributed by atoms with Gasteiger partial charge in [-0.1, -0.05) is 21.5 Å². The molecule has 0 saturated carbocycles. The zero-order valence-corrected chi connectivity index (χ0v) is 6.29. The molecular formula is C6H13BrMg. The lowest BCUT2D eigenvalue weighted by molar-refractivity contribution is 0.926. The summed E-state index contributed by atoms with van der Waals surface area (Å²) in [5, 5.41) is 1.10. The van der Waals surface area contributed by atoms with Crippen molar-refractivity contribution in [3.05, 3.63) is 12.2 Å². The quantitative estimate of drug-likeness (QED) is 0.361. The Labute approximate surface area is 76.0 Å². The fraction of sp³-hybridized carbons (Fsp3) is 0.667. The molecule has 2 heteroatoms. The average Bonchev–Trinajstić information content (AvgIpc) is 1.61. The van der Waals surface area contributed by atoms with Crippen LogP contribution in [0.1, 0.15) is 19.8 Å². The van der Waals surface area contributed by atoms with Crippen molar-refractivity contribution in [3.8, 4) is 0 Å². The Morgan fingerprint density at radius 3 is 2.25 bits per heavy atom. The first kappa shape index (κ1) is 11.7. The van der Waals surface area contributed by atoms with Gasteiger partial charge in [0.15, 0.2) is 0 Å². The molecule has 0 nitrogen and oxygen atoms in total. The zero-order chi connectivity index (χ0) is 5.70. The lowest BCUT2D eigenvalue weighted by Crippen LogP contribution is -1.74. The van der Waals surface area contributed by atoms with Crippen molar-refractivity contribution in [2.75, 3.05) is 5.33 Å². The van der Waals surface area contributed by atoms with E-state index in [0.29, 0.717) is 0 Å². The highest BCUT2D eigenvalue weighted by molar-refractivity contribution is 9.09. The summed E-state index contributed by atoms with van der Waals surface area (Å²) in [6, 6.07) is 0. The summed E-state index contributed by atoms with van der Waals surface area (Å²) in [5.74, 6) is 0. The standard InChI is InChI=1S/C6H11Br.Mg.2H/c1-6(2)4-3-5-7;;;/h1,3-5H2,2H3;;;. The van der Waals surface area contributed by atoms with E-state index in [4.69, 9.17) is 0 Å². The van der Waals surface area contributed by atoms with E-state index in [9.17, 15) is 0 Å². The van der Waals surface area contributed by atoms with E-state index >= 15 is 0 Å². The molecule has 0 aromatic carbocycles. The van der Waals surface area contributed by atoms with Gasteiger partial charge in [0, 0.05) is 5.33 Å². The van der Waals surface area contributed by atoms with Gasteiger partial charge in [-0.3, -0.25) is 0 Å². The Morgan fingerprint density at radius 1 is 1.62 bits per heavy atom. The molecule has 0 unspecified atom stereocenters. The molecule has 0 heterocycles. The van der Waals surface area contributed by atoms with Gasteiger partial charge >= 0.3 is 23.1 Å². The molecule has 0 bridgehead atoms. The van der Waals surface area contributed by atoms with Gasteiger partial charge < -0.3 is 0 Å². The van der Waals surface area contributed by atoms with E-state index < -0.39 is 0 Å².